The quantitative estimate of drug-likeness (QED) is 0.574. The van der Waals surface area contributed by atoms with E-state index >= 15 is 0 Å². The highest BCUT2D eigenvalue weighted by molar-refractivity contribution is 5.86. The van der Waals surface area contributed by atoms with Gasteiger partial charge in [-0.3, -0.25) is 4.79 Å². The number of hydrogen-bond donors (Lipinski definition) is 1. The van der Waals surface area contributed by atoms with Gasteiger partial charge in [0.05, 0.1) is 6.07 Å². The van der Waals surface area contributed by atoms with E-state index in [0.717, 1.165) is 0 Å². The van der Waals surface area contributed by atoms with E-state index in [2.05, 4.69) is 0 Å². The largest absolute Gasteiger partial charge is 0.368 e. The molecule has 0 saturated heterocycles. The molecule has 4 heteroatoms. The molecule has 3 nitrogen and oxygen atoms in total. The van der Waals surface area contributed by atoms with Crippen LogP contribution >= 0.6 is 12.4 Å². The van der Waals surface area contributed by atoms with Crippen LogP contribution in [0.25, 0.3) is 0 Å². The van der Waals surface area contributed by atoms with E-state index in [4.69, 9.17) is 11.0 Å². The minimum Gasteiger partial charge on any atom is -0.368 e. The molecule has 1 rings (SSSR count). The second kappa shape index (κ2) is 2.24. The van der Waals surface area contributed by atoms with Crippen molar-refractivity contribution in [2.24, 2.45) is 11.1 Å². The van der Waals surface area contributed by atoms with Crippen molar-refractivity contribution in [3.63, 3.8) is 0 Å². The molecule has 1 saturated carbocycles. The molecule has 0 heterocycles. The summed E-state index contributed by atoms with van der Waals surface area (Å²) in [6.45, 7) is 0. The van der Waals surface area contributed by atoms with E-state index in [1.54, 1.807) is 0 Å². The van der Waals surface area contributed by atoms with Crippen molar-refractivity contribution in [1.29, 1.82) is 5.26 Å². The average Bonchev–Trinajstić information content (AvgIpc) is 2.44. The molecule has 1 aliphatic rings. The topological polar surface area (TPSA) is 66.9 Å². The number of rotatable bonds is 1. The zero-order valence-corrected chi connectivity index (χ0v) is 5.57. The normalized spacial score (nSPS) is 19.0. The van der Waals surface area contributed by atoms with Gasteiger partial charge in [-0.15, -0.1) is 12.4 Å². The highest BCUT2D eigenvalue weighted by Crippen LogP contribution is 2.44. The van der Waals surface area contributed by atoms with E-state index in [1.165, 1.54) is 0 Å². The fourth-order valence-corrected chi connectivity index (χ4v) is 0.538. The van der Waals surface area contributed by atoms with E-state index < -0.39 is 11.3 Å². The van der Waals surface area contributed by atoms with Crippen LogP contribution < -0.4 is 5.73 Å². The number of amides is 1. The zero-order chi connectivity index (χ0) is 6.20. The first-order chi connectivity index (χ1) is 3.71. The average molecular weight is 147 g/mol. The SMILES string of the molecule is Cl.N#CC1(C(N)=O)CC1. The lowest BCUT2D eigenvalue weighted by Crippen LogP contribution is -2.22. The van der Waals surface area contributed by atoms with Crippen LogP contribution in [-0.4, -0.2) is 5.91 Å². The highest BCUT2D eigenvalue weighted by Gasteiger charge is 2.49. The van der Waals surface area contributed by atoms with Crippen LogP contribution in [0.2, 0.25) is 0 Å². The number of carbonyl (C=O) groups is 1. The van der Waals surface area contributed by atoms with Gasteiger partial charge in [-0.1, -0.05) is 0 Å². The molecule has 0 aromatic rings. The lowest BCUT2D eigenvalue weighted by Gasteiger charge is -1.92. The Balaban J connectivity index is 0.000000640. The van der Waals surface area contributed by atoms with Gasteiger partial charge in [0.1, 0.15) is 5.41 Å². The molecule has 0 aromatic carbocycles. The van der Waals surface area contributed by atoms with Gasteiger partial charge < -0.3 is 5.73 Å². The minimum absolute atomic E-state index is 0. The van der Waals surface area contributed by atoms with Gasteiger partial charge in [0.2, 0.25) is 5.91 Å². The van der Waals surface area contributed by atoms with Crippen molar-refractivity contribution in [2.75, 3.05) is 0 Å². The van der Waals surface area contributed by atoms with Crippen molar-refractivity contribution < 1.29 is 4.79 Å². The highest BCUT2D eigenvalue weighted by atomic mass is 35.5. The Hall–Kier alpha value is -0.750. The van der Waals surface area contributed by atoms with Crippen LogP contribution in [0.15, 0.2) is 0 Å². The smallest absolute Gasteiger partial charge is 0.237 e. The molecule has 0 spiro atoms. The summed E-state index contributed by atoms with van der Waals surface area (Å²) in [5, 5.41) is 8.28. The number of carbonyl (C=O) groups excluding carboxylic acids is 1. The summed E-state index contributed by atoms with van der Waals surface area (Å²) in [5.41, 5.74) is 4.12. The standard InChI is InChI=1S/C5H6N2O.ClH/c6-3-5(1-2-5)4(7)8;/h1-2H2,(H2,7,8);1H. The van der Waals surface area contributed by atoms with Crippen molar-refractivity contribution in [3.05, 3.63) is 0 Å². The minimum atomic E-state index is -0.764. The molecule has 0 radical (unpaired) electrons. The summed E-state index contributed by atoms with van der Waals surface area (Å²) < 4.78 is 0. The van der Waals surface area contributed by atoms with Crippen LogP contribution in [0.3, 0.4) is 0 Å². The maximum Gasteiger partial charge on any atom is 0.237 e. The number of hydrogen-bond acceptors (Lipinski definition) is 2. The number of nitrogens with zero attached hydrogens (tertiary/aromatic N) is 1. The Morgan fingerprint density at radius 2 is 2.11 bits per heavy atom. The molecule has 0 bridgehead atoms. The Morgan fingerprint density at radius 3 is 2.11 bits per heavy atom. The third-order valence-electron chi connectivity index (χ3n) is 1.44. The molecule has 0 aromatic heterocycles. The fourth-order valence-electron chi connectivity index (χ4n) is 0.538. The molecular weight excluding hydrogens is 140 g/mol. The molecule has 1 fully saturated rings. The van der Waals surface area contributed by atoms with E-state index in [0.29, 0.717) is 12.8 Å². The van der Waals surface area contributed by atoms with Gasteiger partial charge in [-0.2, -0.15) is 5.26 Å². The fraction of sp³-hybridized carbons (Fsp3) is 0.600. The van der Waals surface area contributed by atoms with Crippen molar-refractivity contribution in [3.8, 4) is 6.07 Å². The third-order valence-corrected chi connectivity index (χ3v) is 1.44. The van der Waals surface area contributed by atoms with Crippen molar-refractivity contribution >= 4 is 18.3 Å². The molecule has 1 aliphatic carbocycles. The third kappa shape index (κ3) is 1.14. The summed E-state index contributed by atoms with van der Waals surface area (Å²) in [4.78, 5) is 10.3. The lowest BCUT2D eigenvalue weighted by molar-refractivity contribution is -0.121. The summed E-state index contributed by atoms with van der Waals surface area (Å²) >= 11 is 0. The molecule has 0 aliphatic heterocycles. The van der Waals surface area contributed by atoms with Crippen molar-refractivity contribution in [2.45, 2.75) is 12.8 Å². The maximum atomic E-state index is 10.3. The Kier molecular flexibility index (Phi) is 2.05. The van der Waals surface area contributed by atoms with Crippen LogP contribution in [0, 0.1) is 16.7 Å². The summed E-state index contributed by atoms with van der Waals surface area (Å²) in [5.74, 6) is -0.472. The van der Waals surface area contributed by atoms with Crippen LogP contribution in [0.5, 0.6) is 0 Å². The molecule has 9 heavy (non-hydrogen) atoms. The van der Waals surface area contributed by atoms with Crippen LogP contribution in [0.4, 0.5) is 0 Å². The second-order valence-corrected chi connectivity index (χ2v) is 2.06. The van der Waals surface area contributed by atoms with E-state index in [-0.39, 0.29) is 12.4 Å². The van der Waals surface area contributed by atoms with Gasteiger partial charge in [0.15, 0.2) is 0 Å². The molecule has 2 N–H and O–H groups in total. The zero-order valence-electron chi connectivity index (χ0n) is 4.76. The first kappa shape index (κ1) is 8.25. The first-order valence-electron chi connectivity index (χ1n) is 2.42. The summed E-state index contributed by atoms with van der Waals surface area (Å²) in [6.07, 6.45) is 1.30. The predicted molar refractivity (Wildman–Crippen MR) is 33.7 cm³/mol. The second-order valence-electron chi connectivity index (χ2n) is 2.06. The monoisotopic (exact) mass is 146 g/mol. The van der Waals surface area contributed by atoms with Gasteiger partial charge >= 0.3 is 0 Å². The number of halogens is 1. The van der Waals surface area contributed by atoms with E-state index in [1.807, 2.05) is 6.07 Å². The molecule has 0 atom stereocenters. The number of nitrogens with two attached hydrogens (primary N) is 1. The Morgan fingerprint density at radius 1 is 1.67 bits per heavy atom. The molecular formula is C5H7ClN2O. The summed E-state index contributed by atoms with van der Waals surface area (Å²) in [6, 6.07) is 1.88. The van der Waals surface area contributed by atoms with Gasteiger partial charge in [-0.05, 0) is 12.8 Å². The lowest BCUT2D eigenvalue weighted by atomic mass is 10.1. The number of nitriles is 1. The first-order valence-corrected chi connectivity index (χ1v) is 2.42. The maximum absolute atomic E-state index is 10.3. The predicted octanol–water partition coefficient (Wildman–Crippen LogP) is 0.197. The van der Waals surface area contributed by atoms with Gasteiger partial charge in [-0.25, -0.2) is 0 Å². The van der Waals surface area contributed by atoms with Gasteiger partial charge in [0.25, 0.3) is 0 Å². The van der Waals surface area contributed by atoms with Crippen LogP contribution in [0.1, 0.15) is 12.8 Å². The molecule has 1 amide bonds. The molecule has 0 unspecified atom stereocenters. The molecule has 50 valence electrons. The Bertz CT molecular complexity index is 168. The number of primary amides is 1. The van der Waals surface area contributed by atoms with Gasteiger partial charge in [0, 0.05) is 0 Å². The van der Waals surface area contributed by atoms with Crippen LogP contribution in [-0.2, 0) is 4.79 Å². The van der Waals surface area contributed by atoms with E-state index in [9.17, 15) is 4.79 Å². The summed E-state index contributed by atoms with van der Waals surface area (Å²) in [7, 11) is 0. The Labute approximate surface area is 59.2 Å². The van der Waals surface area contributed by atoms with Crippen molar-refractivity contribution in [1.82, 2.24) is 0 Å².